The molecular formula is C50H79N15O14. The average molecular weight is 1110 g/mol. The van der Waals surface area contributed by atoms with E-state index in [1.165, 1.54) is 6.92 Å². The van der Waals surface area contributed by atoms with Crippen molar-refractivity contribution in [3.05, 3.63) is 36.0 Å². The van der Waals surface area contributed by atoms with Crippen LogP contribution >= 0.6 is 0 Å². The highest BCUT2D eigenvalue weighted by Crippen LogP contribution is 2.21. The van der Waals surface area contributed by atoms with Gasteiger partial charge in [-0.05, 0) is 68.9 Å². The number of hydrogen-bond acceptors (Lipinski definition) is 15. The van der Waals surface area contributed by atoms with Crippen LogP contribution < -0.4 is 65.5 Å². The Kier molecular flexibility index (Phi) is 26.6. The number of carboxylic acid groups (broad SMARTS) is 1. The molecule has 20 N–H and O–H groups in total. The number of aromatic amines is 1. The first-order chi connectivity index (χ1) is 37.3. The molecule has 10 amide bonds. The number of aliphatic carboxylic acids is 1. The number of carbonyl (C=O) groups is 11. The molecule has 1 aromatic heterocycles. The first-order valence-electron chi connectivity index (χ1n) is 26.1. The summed E-state index contributed by atoms with van der Waals surface area (Å²) in [5.74, 6) is -10.9. The molecule has 10 atom stereocenters. The molecule has 2 heterocycles. The van der Waals surface area contributed by atoms with Crippen molar-refractivity contribution >= 4 is 81.9 Å². The van der Waals surface area contributed by atoms with Gasteiger partial charge < -0.3 is 90.7 Å². The minimum Gasteiger partial charge on any atom is -0.480 e. The Morgan fingerprint density at radius 1 is 0.747 bits per heavy atom. The molecule has 1 aromatic carbocycles. The number of amides is 10. The second-order valence-corrected chi connectivity index (χ2v) is 19.9. The van der Waals surface area contributed by atoms with Crippen LogP contribution in [0, 0.1) is 11.8 Å². The van der Waals surface area contributed by atoms with E-state index in [2.05, 4.69) is 52.5 Å². The summed E-state index contributed by atoms with van der Waals surface area (Å²) in [7, 11) is 0. The van der Waals surface area contributed by atoms with E-state index in [0.29, 0.717) is 24.8 Å². The number of H-pyrrole nitrogens is 1. The smallest absolute Gasteiger partial charge is 0.326 e. The number of likely N-dealkylation sites (tertiary alicyclic amines) is 1. The van der Waals surface area contributed by atoms with Crippen LogP contribution in [0.4, 0.5) is 0 Å². The fourth-order valence-corrected chi connectivity index (χ4v) is 8.55. The van der Waals surface area contributed by atoms with Gasteiger partial charge in [-0.15, -0.1) is 0 Å². The summed E-state index contributed by atoms with van der Waals surface area (Å²) in [6, 6.07) is -3.69. The van der Waals surface area contributed by atoms with E-state index in [-0.39, 0.29) is 63.5 Å². The first kappa shape index (κ1) is 65.4. The lowest BCUT2D eigenvalue weighted by Gasteiger charge is -2.30. The fourth-order valence-electron chi connectivity index (χ4n) is 8.55. The van der Waals surface area contributed by atoms with Crippen LogP contribution in [0.3, 0.4) is 0 Å². The van der Waals surface area contributed by atoms with Gasteiger partial charge in [-0.3, -0.25) is 52.9 Å². The lowest BCUT2D eigenvalue weighted by atomic mass is 9.97. The van der Waals surface area contributed by atoms with Crippen molar-refractivity contribution in [2.75, 3.05) is 32.8 Å². The molecule has 0 aliphatic carbocycles. The number of primary amides is 1. The van der Waals surface area contributed by atoms with Crippen LogP contribution in [0.15, 0.2) is 35.5 Å². The maximum absolute atomic E-state index is 13.8. The maximum Gasteiger partial charge on any atom is 0.326 e. The number of carboxylic acids is 1. The van der Waals surface area contributed by atoms with Gasteiger partial charge >= 0.3 is 5.97 Å². The molecule has 79 heavy (non-hydrogen) atoms. The predicted molar refractivity (Wildman–Crippen MR) is 286 cm³/mol. The zero-order valence-corrected chi connectivity index (χ0v) is 45.2. The van der Waals surface area contributed by atoms with Gasteiger partial charge in [0.15, 0.2) is 5.96 Å². The molecule has 0 saturated carbocycles. The molecule has 0 spiro atoms. The third-order valence-electron chi connectivity index (χ3n) is 13.0. The summed E-state index contributed by atoms with van der Waals surface area (Å²) in [5, 5.41) is 50.7. The van der Waals surface area contributed by atoms with Crippen molar-refractivity contribution < 1.29 is 68.1 Å². The molecule has 0 bridgehead atoms. The second kappa shape index (κ2) is 32.1. The number of aromatic nitrogens is 1. The van der Waals surface area contributed by atoms with E-state index >= 15 is 0 Å². The van der Waals surface area contributed by atoms with Gasteiger partial charge in [0.25, 0.3) is 0 Å². The van der Waals surface area contributed by atoms with E-state index in [1.807, 2.05) is 32.0 Å². The van der Waals surface area contributed by atoms with Crippen molar-refractivity contribution in [1.29, 1.82) is 0 Å². The number of carbonyl (C=O) groups excluding carboxylic acids is 10. The SMILES string of the molecule is CC[C@H](C)[C@H](NC(=O)CNC(=O)[C@H](CO)NC(=O)[C@H](CCCN=C(N)N)NC(=O)[C@@H](NC(=O)CNC(=O)[C@H](Cc1c[nH]c2ccccc12)NC(=O)[C@@H](N)CC(C)C)[C@@H](C)O)C(=O)N[C@@H](CCC(N)=O)C(=O)N1CCC[C@H]1C(=O)O. The number of hydrogen-bond donors (Lipinski definition) is 16. The third-order valence-corrected chi connectivity index (χ3v) is 13.0. The van der Waals surface area contributed by atoms with Crippen molar-refractivity contribution in [3.8, 4) is 0 Å². The van der Waals surface area contributed by atoms with Crippen molar-refractivity contribution in [3.63, 3.8) is 0 Å². The molecule has 1 saturated heterocycles. The Bertz CT molecular complexity index is 2500. The molecule has 438 valence electrons. The Morgan fingerprint density at radius 2 is 1.33 bits per heavy atom. The number of nitrogens with two attached hydrogens (primary N) is 4. The molecule has 1 aliphatic rings. The van der Waals surface area contributed by atoms with E-state index < -0.39 is 145 Å². The van der Waals surface area contributed by atoms with Crippen LogP contribution in [-0.4, -0.2) is 183 Å². The lowest BCUT2D eigenvalue weighted by molar-refractivity contribution is -0.149. The Hall–Kier alpha value is -7.92. The monoisotopic (exact) mass is 1110 g/mol. The minimum absolute atomic E-state index is 0.00413. The highest BCUT2D eigenvalue weighted by molar-refractivity contribution is 5.98. The van der Waals surface area contributed by atoms with Gasteiger partial charge in [-0.1, -0.05) is 52.3 Å². The third kappa shape index (κ3) is 21.1. The molecule has 0 unspecified atom stereocenters. The zero-order chi connectivity index (χ0) is 59.1. The Labute approximate surface area is 456 Å². The Morgan fingerprint density at radius 3 is 1.91 bits per heavy atom. The summed E-state index contributed by atoms with van der Waals surface area (Å²) in [6.45, 7) is 5.76. The second-order valence-electron chi connectivity index (χ2n) is 19.9. The highest BCUT2D eigenvalue weighted by atomic mass is 16.4. The predicted octanol–water partition coefficient (Wildman–Crippen LogP) is -4.96. The Balaban J connectivity index is 1.70. The van der Waals surface area contributed by atoms with Gasteiger partial charge in [-0.2, -0.15) is 0 Å². The number of aliphatic hydroxyl groups excluding tert-OH is 2. The quantitative estimate of drug-likeness (QED) is 0.0181. The number of guanidine groups is 1. The standard InChI is InChI=1S/C50H79N15O14/c1-6-26(4)40(46(75)60-33(15-16-37(52)68)48(77)65-18-10-14-36(65)49(78)79)63-38(69)22-58-44(73)35(24-66)62-45(74)32(13-9-17-55-50(53)54)59-47(76)41(27(5)67)64-39(70)23-57-43(72)34(61-42(71)30(51)19-25(2)3)20-28-21-56-31-12-8-7-11-29(28)31/h7-8,11-12,21,25-27,30,32-36,40-41,56,66-67H,6,9-10,13-20,22-24,51H2,1-5H3,(H2,52,68)(H,57,72)(H,58,73)(H,59,76)(H,60,75)(H,61,71)(H,62,74)(H,63,69)(H,64,70)(H,78,79)(H4,53,54,55)/t26-,27+,30-,32-,33-,34-,35-,36-,40-,41-/m0/s1. The molecule has 1 fully saturated rings. The van der Waals surface area contributed by atoms with Crippen LogP contribution in [0.1, 0.15) is 91.5 Å². The fraction of sp³-hybridized carbons (Fsp3) is 0.600. The number of aliphatic imine (C=N–C) groups is 1. The number of para-hydroxylation sites is 1. The number of rotatable bonds is 33. The minimum atomic E-state index is -1.74. The van der Waals surface area contributed by atoms with Crippen molar-refractivity contribution in [1.82, 2.24) is 52.4 Å². The molecule has 3 rings (SSSR count). The van der Waals surface area contributed by atoms with Crippen LogP contribution in [0.2, 0.25) is 0 Å². The van der Waals surface area contributed by atoms with Gasteiger partial charge in [0, 0.05) is 43.0 Å². The highest BCUT2D eigenvalue weighted by Gasteiger charge is 2.39. The molecule has 2 aromatic rings. The molecule has 0 radical (unpaired) electrons. The van der Waals surface area contributed by atoms with Gasteiger partial charge in [0.1, 0.15) is 42.3 Å². The first-order valence-corrected chi connectivity index (χ1v) is 26.1. The summed E-state index contributed by atoms with van der Waals surface area (Å²) >= 11 is 0. The van der Waals surface area contributed by atoms with Crippen LogP contribution in [0.5, 0.6) is 0 Å². The lowest BCUT2D eigenvalue weighted by Crippen LogP contribution is -2.60. The normalized spacial score (nSPS) is 16.5. The van der Waals surface area contributed by atoms with E-state index in [9.17, 15) is 68.1 Å². The number of nitrogens with one attached hydrogen (secondary N) is 9. The topological polar surface area (TPSA) is 480 Å². The summed E-state index contributed by atoms with van der Waals surface area (Å²) in [4.78, 5) is 153. The molecule has 29 heteroatoms. The molecule has 29 nitrogen and oxygen atoms in total. The van der Waals surface area contributed by atoms with Crippen LogP contribution in [0.25, 0.3) is 10.9 Å². The molecule has 1 aliphatic heterocycles. The van der Waals surface area contributed by atoms with Gasteiger partial charge in [0.2, 0.25) is 59.1 Å². The van der Waals surface area contributed by atoms with Crippen molar-refractivity contribution in [2.45, 2.75) is 147 Å². The zero-order valence-electron chi connectivity index (χ0n) is 45.2. The number of nitrogens with zero attached hydrogens (tertiary/aromatic N) is 2. The number of fused-ring (bicyclic) bond motifs is 1. The maximum atomic E-state index is 13.8. The van der Waals surface area contributed by atoms with E-state index in [4.69, 9.17) is 22.9 Å². The molecular weight excluding hydrogens is 1030 g/mol. The van der Waals surface area contributed by atoms with Crippen molar-refractivity contribution in [2.24, 2.45) is 39.8 Å². The summed E-state index contributed by atoms with van der Waals surface area (Å²) in [5.41, 5.74) is 23.8. The average Bonchev–Trinajstić information content (AvgIpc) is 4.08. The van der Waals surface area contributed by atoms with E-state index in [1.54, 1.807) is 26.1 Å². The number of benzene rings is 1. The van der Waals surface area contributed by atoms with Gasteiger partial charge in [0.05, 0.1) is 31.8 Å². The summed E-state index contributed by atoms with van der Waals surface area (Å²) < 4.78 is 0. The summed E-state index contributed by atoms with van der Waals surface area (Å²) in [6.07, 6.45) is 0.579. The van der Waals surface area contributed by atoms with Gasteiger partial charge in [-0.25, -0.2) is 4.79 Å². The largest absolute Gasteiger partial charge is 0.480 e. The van der Waals surface area contributed by atoms with E-state index in [0.717, 1.165) is 15.8 Å². The van der Waals surface area contributed by atoms with Crippen LogP contribution in [-0.2, 0) is 59.2 Å². The number of aliphatic hydroxyl groups is 2.